The van der Waals surface area contributed by atoms with E-state index >= 15 is 0 Å². The molecule has 0 spiro atoms. The Bertz CT molecular complexity index is 641. The summed E-state index contributed by atoms with van der Waals surface area (Å²) in [6.45, 7) is 6.01. The van der Waals surface area contributed by atoms with Crippen LogP contribution in [0.4, 0.5) is 0 Å². The van der Waals surface area contributed by atoms with Crippen molar-refractivity contribution in [2.24, 2.45) is 0 Å². The summed E-state index contributed by atoms with van der Waals surface area (Å²) in [4.78, 5) is -0.166. The van der Waals surface area contributed by atoms with E-state index in [1.807, 2.05) is 0 Å². The minimum absolute atomic E-state index is 0.117. The van der Waals surface area contributed by atoms with Gasteiger partial charge in [0.05, 0.1) is 10.9 Å². The van der Waals surface area contributed by atoms with Crippen molar-refractivity contribution in [3.63, 3.8) is 0 Å². The number of aromatic nitrogens is 1. The minimum atomic E-state index is -3.93. The highest BCUT2D eigenvalue weighted by Gasteiger charge is 2.27. The monoisotopic (exact) mass is 299 g/mol. The number of halogens is 1. The van der Waals surface area contributed by atoms with Gasteiger partial charge in [0, 0.05) is 16.4 Å². The molecule has 0 radical (unpaired) electrons. The van der Waals surface area contributed by atoms with Crippen LogP contribution in [0.1, 0.15) is 25.2 Å². The van der Waals surface area contributed by atoms with Gasteiger partial charge < -0.3 is 0 Å². The fourth-order valence-corrected chi connectivity index (χ4v) is 4.20. The molecule has 5 nitrogen and oxygen atoms in total. The highest BCUT2D eigenvalue weighted by Crippen LogP contribution is 2.26. The van der Waals surface area contributed by atoms with Crippen molar-refractivity contribution in [1.82, 2.24) is 3.97 Å². The molecule has 0 atom stereocenters. The lowest BCUT2D eigenvalue weighted by Crippen LogP contribution is -2.24. The molecule has 0 aromatic carbocycles. The van der Waals surface area contributed by atoms with Crippen LogP contribution in [0.3, 0.4) is 0 Å². The highest BCUT2D eigenvalue weighted by atomic mass is 35.7. The molecule has 8 heteroatoms. The molecule has 0 aliphatic rings. The van der Waals surface area contributed by atoms with Gasteiger partial charge in [0.2, 0.25) is 10.0 Å². The summed E-state index contributed by atoms with van der Waals surface area (Å²) in [7, 11) is -2.28. The fraction of sp³-hybridized carbons (Fsp3) is 0.556. The van der Waals surface area contributed by atoms with Gasteiger partial charge in [-0.05, 0) is 33.8 Å². The first kappa shape index (κ1) is 14.5. The lowest BCUT2D eigenvalue weighted by atomic mass is 10.4. The molecule has 1 rings (SSSR count). The quantitative estimate of drug-likeness (QED) is 0.795. The van der Waals surface area contributed by atoms with Crippen LogP contribution in [0, 0.1) is 13.8 Å². The van der Waals surface area contributed by atoms with Gasteiger partial charge in [-0.25, -0.2) is 20.8 Å². The van der Waals surface area contributed by atoms with Gasteiger partial charge in [0.1, 0.15) is 4.90 Å². The maximum Gasteiger partial charge on any atom is 0.263 e. The Kier molecular flexibility index (Phi) is 3.67. The summed E-state index contributed by atoms with van der Waals surface area (Å²) < 4.78 is 47.6. The number of nitrogens with zero attached hydrogens (tertiary/aromatic N) is 1. The van der Waals surface area contributed by atoms with E-state index in [4.69, 9.17) is 10.7 Å². The minimum Gasteiger partial charge on any atom is -0.246 e. The largest absolute Gasteiger partial charge is 0.263 e. The molecule has 0 unspecified atom stereocenters. The third kappa shape index (κ3) is 2.51. The summed E-state index contributed by atoms with van der Waals surface area (Å²) in [6, 6.07) is 1.26. The third-order valence-electron chi connectivity index (χ3n) is 2.43. The van der Waals surface area contributed by atoms with Crippen molar-refractivity contribution in [3.05, 3.63) is 17.5 Å². The first-order valence-electron chi connectivity index (χ1n) is 4.87. The Morgan fingerprint density at radius 2 is 1.65 bits per heavy atom. The van der Waals surface area contributed by atoms with E-state index in [1.165, 1.54) is 33.8 Å². The molecular weight excluding hydrogens is 286 g/mol. The van der Waals surface area contributed by atoms with E-state index in [0.29, 0.717) is 5.69 Å². The Balaban J connectivity index is 3.67. The van der Waals surface area contributed by atoms with E-state index in [-0.39, 0.29) is 10.6 Å². The van der Waals surface area contributed by atoms with Crippen molar-refractivity contribution < 1.29 is 16.8 Å². The van der Waals surface area contributed by atoms with Gasteiger partial charge in [0.25, 0.3) is 9.05 Å². The average molecular weight is 300 g/mol. The number of aryl methyl sites for hydroxylation is 1. The van der Waals surface area contributed by atoms with E-state index in [0.717, 1.165) is 3.97 Å². The molecule has 17 heavy (non-hydrogen) atoms. The Hall–Kier alpha value is -0.530. The third-order valence-corrected chi connectivity index (χ3v) is 6.13. The van der Waals surface area contributed by atoms with Gasteiger partial charge in [-0.1, -0.05) is 0 Å². The van der Waals surface area contributed by atoms with Crippen molar-refractivity contribution in [2.75, 3.05) is 0 Å². The molecule has 0 aliphatic heterocycles. The van der Waals surface area contributed by atoms with Crippen LogP contribution < -0.4 is 0 Å². The van der Waals surface area contributed by atoms with Crippen LogP contribution in [0.25, 0.3) is 0 Å². The maximum atomic E-state index is 12.0. The predicted octanol–water partition coefficient (Wildman–Crippen LogP) is 1.62. The Labute approximate surface area is 106 Å². The number of hydrogen-bond donors (Lipinski definition) is 0. The molecule has 0 N–H and O–H groups in total. The summed E-state index contributed by atoms with van der Waals surface area (Å²) in [5, 5.41) is -0.641. The van der Waals surface area contributed by atoms with Crippen molar-refractivity contribution in [2.45, 2.75) is 37.8 Å². The summed E-state index contributed by atoms with van der Waals surface area (Å²) in [5.74, 6) is 0. The zero-order valence-electron chi connectivity index (χ0n) is 9.93. The normalized spacial score (nSPS) is 13.3. The Morgan fingerprint density at radius 1 is 1.18 bits per heavy atom. The molecule has 1 heterocycles. The second-order valence-electron chi connectivity index (χ2n) is 4.03. The second-order valence-corrected chi connectivity index (χ2v) is 8.90. The first-order valence-corrected chi connectivity index (χ1v) is 8.69. The van der Waals surface area contributed by atoms with Crippen molar-refractivity contribution in [1.29, 1.82) is 0 Å². The summed E-state index contributed by atoms with van der Waals surface area (Å²) in [5.41, 5.74) is 0.446. The van der Waals surface area contributed by atoms with Crippen LogP contribution in [-0.2, 0) is 19.1 Å². The van der Waals surface area contributed by atoms with Crippen LogP contribution >= 0.6 is 10.7 Å². The Morgan fingerprint density at radius 3 is 1.94 bits per heavy atom. The first-order chi connectivity index (χ1) is 7.49. The second kappa shape index (κ2) is 4.29. The molecule has 1 aromatic rings. The summed E-state index contributed by atoms with van der Waals surface area (Å²) >= 11 is 0. The van der Waals surface area contributed by atoms with E-state index < -0.39 is 24.3 Å². The SMILES string of the molecule is Cc1cc(S(=O)(=O)Cl)c(C)n1S(=O)(=O)C(C)C. The van der Waals surface area contributed by atoms with Gasteiger partial charge in [-0.15, -0.1) is 0 Å². The predicted molar refractivity (Wildman–Crippen MR) is 66.4 cm³/mol. The molecule has 0 bridgehead atoms. The van der Waals surface area contributed by atoms with Crippen LogP contribution in [0.2, 0.25) is 0 Å². The van der Waals surface area contributed by atoms with Crippen LogP contribution in [0.15, 0.2) is 11.0 Å². The van der Waals surface area contributed by atoms with Crippen molar-refractivity contribution >= 4 is 29.8 Å². The average Bonchev–Trinajstić information content (AvgIpc) is 2.40. The number of rotatable bonds is 3. The van der Waals surface area contributed by atoms with E-state index in [2.05, 4.69) is 0 Å². The van der Waals surface area contributed by atoms with E-state index in [1.54, 1.807) is 0 Å². The standard InChI is InChI=1S/C9H14ClNO4S2/c1-6(2)17(14,15)11-7(3)5-9(8(11)4)16(10,12)13/h5-6H,1-4H3. The lowest BCUT2D eigenvalue weighted by Gasteiger charge is -2.13. The van der Waals surface area contributed by atoms with E-state index in [9.17, 15) is 16.8 Å². The summed E-state index contributed by atoms with van der Waals surface area (Å²) in [6.07, 6.45) is 0. The lowest BCUT2D eigenvalue weighted by molar-refractivity contribution is 0.575. The molecule has 0 aliphatic carbocycles. The van der Waals surface area contributed by atoms with Gasteiger partial charge >= 0.3 is 0 Å². The molecular formula is C9H14ClNO4S2. The molecule has 0 amide bonds. The van der Waals surface area contributed by atoms with Gasteiger partial charge in [0.15, 0.2) is 0 Å². The smallest absolute Gasteiger partial charge is 0.246 e. The molecule has 1 aromatic heterocycles. The zero-order valence-corrected chi connectivity index (χ0v) is 12.3. The fourth-order valence-electron chi connectivity index (χ4n) is 1.57. The van der Waals surface area contributed by atoms with Crippen molar-refractivity contribution in [3.8, 4) is 0 Å². The molecule has 0 saturated heterocycles. The zero-order chi connectivity index (χ0) is 13.6. The van der Waals surface area contributed by atoms with Crippen LogP contribution in [-0.4, -0.2) is 26.1 Å². The molecule has 0 fully saturated rings. The maximum absolute atomic E-state index is 12.0. The number of hydrogen-bond acceptors (Lipinski definition) is 4. The topological polar surface area (TPSA) is 73.2 Å². The van der Waals surface area contributed by atoms with Gasteiger partial charge in [-0.3, -0.25) is 0 Å². The van der Waals surface area contributed by atoms with Gasteiger partial charge in [-0.2, -0.15) is 0 Å². The highest BCUT2D eigenvalue weighted by molar-refractivity contribution is 8.13. The molecule has 0 saturated carbocycles. The molecule has 98 valence electrons. The van der Waals surface area contributed by atoms with Crippen LogP contribution in [0.5, 0.6) is 0 Å².